The van der Waals surface area contributed by atoms with Crippen molar-refractivity contribution in [3.05, 3.63) is 29.2 Å². The first-order chi connectivity index (χ1) is 8.40. The van der Waals surface area contributed by atoms with Crippen molar-refractivity contribution in [3.8, 4) is 5.75 Å². The van der Waals surface area contributed by atoms with Crippen molar-refractivity contribution in [3.63, 3.8) is 0 Å². The fourth-order valence-corrected chi connectivity index (χ4v) is 1.68. The first-order valence-corrected chi connectivity index (χ1v) is 6.59. The zero-order valence-corrected chi connectivity index (χ0v) is 11.7. The second-order valence-corrected chi connectivity index (χ2v) is 5.69. The number of quaternary nitrogens is 1. The molecular formula is C11H18N3O3P+2. The first-order valence-electron chi connectivity index (χ1n) is 5.46. The summed E-state index contributed by atoms with van der Waals surface area (Å²) in [4.78, 5) is 12.6. The lowest BCUT2D eigenvalue weighted by Gasteiger charge is -2.23. The molecule has 7 heteroatoms. The molecule has 1 unspecified atom stereocenters. The smallest absolute Gasteiger partial charge is 0.394 e. The Morgan fingerprint density at radius 1 is 1.28 bits per heavy atom. The van der Waals surface area contributed by atoms with Gasteiger partial charge in [0.2, 0.25) is 5.39 Å². The number of nitrogens with zero attached hydrogens (tertiary/aromatic N) is 3. The second-order valence-electron chi connectivity index (χ2n) is 4.77. The molecule has 0 aliphatic heterocycles. The molecule has 0 heterocycles. The van der Waals surface area contributed by atoms with E-state index in [4.69, 9.17) is 14.4 Å². The number of diazo groups is 1. The molecule has 0 fully saturated rings. The molecule has 0 aliphatic rings. The average molecular weight is 271 g/mol. The molecule has 1 atom stereocenters. The molecule has 1 rings (SSSR count). The van der Waals surface area contributed by atoms with Gasteiger partial charge in [-0.3, -0.25) is 4.52 Å². The maximum atomic E-state index is 9.57. The van der Waals surface area contributed by atoms with E-state index in [1.165, 1.54) is 0 Å². The standard InChI is InChI=1S/C11H18N3O3P/c1-14(2,3)8-9-16-18(15)17-11-6-4-10(13-12)5-7-11/h4-7,15H,8-9H2,1-3H3/q+2. The summed E-state index contributed by atoms with van der Waals surface area (Å²) in [7, 11) is 4.20. The van der Waals surface area contributed by atoms with E-state index in [1.54, 1.807) is 24.3 Å². The lowest BCUT2D eigenvalue weighted by Crippen LogP contribution is -2.37. The third-order valence-corrected chi connectivity index (χ3v) is 2.87. The summed E-state index contributed by atoms with van der Waals surface area (Å²) in [5, 5.41) is 8.52. The molecule has 0 aliphatic carbocycles. The van der Waals surface area contributed by atoms with Crippen LogP contribution in [0.1, 0.15) is 0 Å². The molecule has 1 aromatic rings. The van der Waals surface area contributed by atoms with Gasteiger partial charge in [0.05, 0.1) is 21.1 Å². The Morgan fingerprint density at radius 3 is 2.39 bits per heavy atom. The van der Waals surface area contributed by atoms with Crippen LogP contribution in [0.5, 0.6) is 5.75 Å². The Balaban J connectivity index is 2.35. The molecule has 6 nitrogen and oxygen atoms in total. The van der Waals surface area contributed by atoms with Crippen molar-refractivity contribution >= 4 is 14.3 Å². The number of benzene rings is 1. The third-order valence-electron chi connectivity index (χ3n) is 2.10. The van der Waals surface area contributed by atoms with Gasteiger partial charge in [-0.15, -0.1) is 0 Å². The monoisotopic (exact) mass is 271 g/mol. The Kier molecular flexibility index (Phi) is 5.45. The lowest BCUT2D eigenvalue weighted by atomic mass is 10.3. The minimum Gasteiger partial charge on any atom is -0.427 e. The molecule has 0 bridgehead atoms. The molecule has 0 amide bonds. The Morgan fingerprint density at radius 2 is 1.89 bits per heavy atom. The van der Waals surface area contributed by atoms with Gasteiger partial charge < -0.3 is 13.9 Å². The van der Waals surface area contributed by atoms with E-state index < -0.39 is 8.60 Å². The highest BCUT2D eigenvalue weighted by Gasteiger charge is 2.13. The summed E-state index contributed by atoms with van der Waals surface area (Å²) in [5.74, 6) is 0.473. The van der Waals surface area contributed by atoms with Crippen LogP contribution in [0.2, 0.25) is 0 Å². The summed E-state index contributed by atoms with van der Waals surface area (Å²) < 4.78 is 11.1. The molecule has 98 valence electrons. The van der Waals surface area contributed by atoms with E-state index in [9.17, 15) is 4.89 Å². The number of hydrogen-bond donors (Lipinski definition) is 1. The van der Waals surface area contributed by atoms with Crippen LogP contribution in [-0.2, 0) is 4.52 Å². The van der Waals surface area contributed by atoms with Gasteiger partial charge in [-0.25, -0.2) is 0 Å². The summed E-state index contributed by atoms with van der Waals surface area (Å²) in [6.07, 6.45) is 0. The van der Waals surface area contributed by atoms with Gasteiger partial charge >= 0.3 is 14.3 Å². The van der Waals surface area contributed by atoms with Crippen LogP contribution >= 0.6 is 8.60 Å². The van der Waals surface area contributed by atoms with E-state index in [0.717, 1.165) is 11.0 Å². The molecule has 1 N–H and O–H groups in total. The van der Waals surface area contributed by atoms with Crippen LogP contribution in [0.25, 0.3) is 4.98 Å². The highest BCUT2D eigenvalue weighted by Crippen LogP contribution is 2.35. The number of hydrogen-bond acceptors (Lipinski definition) is 4. The Hall–Kier alpha value is -1.25. The van der Waals surface area contributed by atoms with Gasteiger partial charge in [-0.05, 0) is 12.1 Å². The van der Waals surface area contributed by atoms with Gasteiger partial charge in [-0.1, -0.05) is 0 Å². The van der Waals surface area contributed by atoms with Gasteiger partial charge in [0.15, 0.2) is 4.98 Å². The first kappa shape index (κ1) is 14.8. The second kappa shape index (κ2) is 6.62. The van der Waals surface area contributed by atoms with E-state index >= 15 is 0 Å². The molecule has 0 spiro atoms. The normalized spacial score (nSPS) is 12.8. The minimum absolute atomic E-state index is 0.426. The molecule has 1 aromatic carbocycles. The molecule has 0 aromatic heterocycles. The summed E-state index contributed by atoms with van der Waals surface area (Å²) in [5.41, 5.74) is 0.426. The predicted molar refractivity (Wildman–Crippen MR) is 69.8 cm³/mol. The SMILES string of the molecule is C[N+](C)(C)CCOP(O)Oc1ccc([N+]#N)cc1. The minimum atomic E-state index is -1.93. The largest absolute Gasteiger partial charge is 0.427 e. The van der Waals surface area contributed by atoms with Gasteiger partial charge in [0, 0.05) is 12.1 Å². The van der Waals surface area contributed by atoms with Crippen molar-refractivity contribution < 1.29 is 18.4 Å². The van der Waals surface area contributed by atoms with Crippen molar-refractivity contribution in [2.24, 2.45) is 0 Å². The summed E-state index contributed by atoms with van der Waals surface area (Å²) >= 11 is 0. The highest BCUT2D eigenvalue weighted by molar-refractivity contribution is 7.41. The maximum Gasteiger partial charge on any atom is 0.394 e. The van der Waals surface area contributed by atoms with Gasteiger partial charge in [0.25, 0.3) is 0 Å². The fourth-order valence-electron chi connectivity index (χ4n) is 1.08. The van der Waals surface area contributed by atoms with E-state index in [2.05, 4.69) is 4.98 Å². The topological polar surface area (TPSA) is 66.8 Å². The summed E-state index contributed by atoms with van der Waals surface area (Å²) in [6, 6.07) is 6.35. The average Bonchev–Trinajstić information content (AvgIpc) is 2.28. The van der Waals surface area contributed by atoms with E-state index in [-0.39, 0.29) is 0 Å². The van der Waals surface area contributed by atoms with Crippen molar-refractivity contribution in [1.82, 2.24) is 0 Å². The zero-order valence-electron chi connectivity index (χ0n) is 10.8. The van der Waals surface area contributed by atoms with Crippen LogP contribution in [0.3, 0.4) is 0 Å². The number of rotatable bonds is 6. The molecular weight excluding hydrogens is 253 g/mol. The number of likely N-dealkylation sites (N-methyl/N-ethyl adjacent to an activating group) is 1. The van der Waals surface area contributed by atoms with Crippen molar-refractivity contribution in [2.45, 2.75) is 0 Å². The van der Waals surface area contributed by atoms with Crippen molar-refractivity contribution in [1.29, 1.82) is 5.39 Å². The molecule has 0 saturated heterocycles. The fraction of sp³-hybridized carbons (Fsp3) is 0.455. The van der Waals surface area contributed by atoms with E-state index in [0.29, 0.717) is 18.0 Å². The van der Waals surface area contributed by atoms with Crippen molar-refractivity contribution in [2.75, 3.05) is 34.3 Å². The van der Waals surface area contributed by atoms with Crippen LogP contribution in [0.15, 0.2) is 24.3 Å². The molecule has 0 radical (unpaired) electrons. The van der Waals surface area contributed by atoms with Crippen LogP contribution in [0.4, 0.5) is 5.69 Å². The zero-order chi connectivity index (χ0) is 13.6. The predicted octanol–water partition coefficient (Wildman–Crippen LogP) is 2.49. The lowest BCUT2D eigenvalue weighted by molar-refractivity contribution is -0.870. The highest BCUT2D eigenvalue weighted by atomic mass is 31.2. The van der Waals surface area contributed by atoms with Gasteiger partial charge in [-0.2, -0.15) is 0 Å². The summed E-state index contributed by atoms with van der Waals surface area (Å²) in [6.45, 7) is 1.21. The van der Waals surface area contributed by atoms with E-state index in [1.807, 2.05) is 21.1 Å². The molecule has 0 saturated carbocycles. The molecule has 18 heavy (non-hydrogen) atoms. The third kappa shape index (κ3) is 5.89. The van der Waals surface area contributed by atoms with Gasteiger partial charge in [0.1, 0.15) is 18.9 Å². The maximum absolute atomic E-state index is 9.57. The van der Waals surface area contributed by atoms with Crippen LogP contribution in [0, 0.1) is 5.39 Å². The Bertz CT molecular complexity index is 411. The quantitative estimate of drug-likeness (QED) is 0.490. The van der Waals surface area contributed by atoms with Crippen LogP contribution in [-0.4, -0.2) is 43.7 Å². The Labute approximate surface area is 108 Å². The van der Waals surface area contributed by atoms with Crippen LogP contribution < -0.4 is 4.52 Å².